The van der Waals surface area contributed by atoms with Crippen molar-refractivity contribution in [2.45, 2.75) is 26.7 Å². The molecule has 0 bridgehead atoms. The predicted octanol–water partition coefficient (Wildman–Crippen LogP) is 2.30. The zero-order chi connectivity index (χ0) is 13.7. The van der Waals surface area contributed by atoms with Gasteiger partial charge in [-0.3, -0.25) is 4.79 Å². The number of carbonyl (C=O) groups excluding carboxylic acids is 1. The van der Waals surface area contributed by atoms with Gasteiger partial charge in [0.2, 0.25) is 0 Å². The second-order valence-electron chi connectivity index (χ2n) is 3.58. The van der Waals surface area contributed by atoms with E-state index >= 15 is 0 Å². The summed E-state index contributed by atoms with van der Waals surface area (Å²) in [7, 11) is 0. The zero-order valence-electron chi connectivity index (χ0n) is 10.0. The van der Waals surface area contributed by atoms with Crippen LogP contribution in [0, 0.1) is 18.3 Å². The fraction of sp³-hybridized carbons (Fsp3) is 0.417. The van der Waals surface area contributed by atoms with Gasteiger partial charge in [-0.05, 0) is 25.5 Å². The van der Waals surface area contributed by atoms with Crippen molar-refractivity contribution in [3.8, 4) is 6.07 Å². The van der Waals surface area contributed by atoms with Crippen molar-refractivity contribution in [1.82, 2.24) is 4.98 Å². The maximum absolute atomic E-state index is 12.7. The first kappa shape index (κ1) is 14.0. The van der Waals surface area contributed by atoms with Gasteiger partial charge in [0.05, 0.1) is 24.3 Å². The fourth-order valence-corrected chi connectivity index (χ4v) is 1.45. The molecule has 1 aromatic rings. The lowest BCUT2D eigenvalue weighted by Gasteiger charge is -2.09. The summed E-state index contributed by atoms with van der Waals surface area (Å²) in [5, 5.41) is 8.73. The number of aromatic nitrogens is 1. The molecule has 18 heavy (non-hydrogen) atoms. The van der Waals surface area contributed by atoms with Crippen LogP contribution in [0.2, 0.25) is 0 Å². The standard InChI is InChI=1S/C12H12F2N2O2/c1-3-18-10(17)5-9-7(2)4-8(6-15)11(16-9)12(13)14/h4,12H,3,5H2,1-2H3. The minimum atomic E-state index is -2.85. The van der Waals surface area contributed by atoms with Crippen molar-refractivity contribution < 1.29 is 18.3 Å². The second kappa shape index (κ2) is 6.05. The van der Waals surface area contributed by atoms with Crippen molar-refractivity contribution in [2.24, 2.45) is 0 Å². The lowest BCUT2D eigenvalue weighted by molar-refractivity contribution is -0.142. The number of hydrogen-bond donors (Lipinski definition) is 0. The zero-order valence-corrected chi connectivity index (χ0v) is 10.0. The molecule has 0 aromatic carbocycles. The summed E-state index contributed by atoms with van der Waals surface area (Å²) < 4.78 is 30.1. The maximum Gasteiger partial charge on any atom is 0.311 e. The van der Waals surface area contributed by atoms with Gasteiger partial charge in [-0.2, -0.15) is 5.26 Å². The van der Waals surface area contributed by atoms with Gasteiger partial charge in [0, 0.05) is 0 Å². The van der Waals surface area contributed by atoms with Crippen molar-refractivity contribution in [1.29, 1.82) is 5.26 Å². The smallest absolute Gasteiger partial charge is 0.311 e. The first-order chi connectivity index (χ1) is 8.49. The minimum absolute atomic E-state index is 0.171. The van der Waals surface area contributed by atoms with Gasteiger partial charge in [-0.15, -0.1) is 0 Å². The molecule has 0 aliphatic rings. The van der Waals surface area contributed by atoms with Crippen molar-refractivity contribution >= 4 is 5.97 Å². The molecule has 0 saturated carbocycles. The number of hydrogen-bond acceptors (Lipinski definition) is 4. The maximum atomic E-state index is 12.7. The third-order valence-corrected chi connectivity index (χ3v) is 2.29. The monoisotopic (exact) mass is 254 g/mol. The highest BCUT2D eigenvalue weighted by molar-refractivity contribution is 5.72. The van der Waals surface area contributed by atoms with Crippen LogP contribution in [0.3, 0.4) is 0 Å². The van der Waals surface area contributed by atoms with Gasteiger partial charge in [0.25, 0.3) is 6.43 Å². The van der Waals surface area contributed by atoms with Crippen molar-refractivity contribution in [3.05, 3.63) is 28.6 Å². The van der Waals surface area contributed by atoms with Crippen LogP contribution in [0.15, 0.2) is 6.07 Å². The molecule has 1 heterocycles. The van der Waals surface area contributed by atoms with Crippen molar-refractivity contribution in [2.75, 3.05) is 6.61 Å². The number of esters is 1. The Morgan fingerprint density at radius 2 is 2.28 bits per heavy atom. The van der Waals surface area contributed by atoms with Gasteiger partial charge in [-0.25, -0.2) is 13.8 Å². The molecule has 0 amide bonds. The topological polar surface area (TPSA) is 63.0 Å². The number of halogens is 2. The molecule has 0 atom stereocenters. The molecule has 4 nitrogen and oxygen atoms in total. The quantitative estimate of drug-likeness (QED) is 0.773. The molecule has 0 fully saturated rings. The molecule has 96 valence electrons. The molecule has 0 spiro atoms. The van der Waals surface area contributed by atoms with Gasteiger partial charge >= 0.3 is 5.97 Å². The lowest BCUT2D eigenvalue weighted by Crippen LogP contribution is -2.12. The summed E-state index contributed by atoms with van der Waals surface area (Å²) in [6, 6.07) is 2.97. The Hall–Kier alpha value is -2.03. The van der Waals surface area contributed by atoms with Crippen LogP contribution in [0.1, 0.15) is 35.9 Å². The first-order valence-corrected chi connectivity index (χ1v) is 5.33. The Balaban J connectivity index is 3.10. The van der Waals surface area contributed by atoms with Crippen LogP contribution in [0.25, 0.3) is 0 Å². The van der Waals surface area contributed by atoms with Gasteiger partial charge in [-0.1, -0.05) is 0 Å². The summed E-state index contributed by atoms with van der Waals surface area (Å²) in [5.74, 6) is -0.530. The van der Waals surface area contributed by atoms with Crippen LogP contribution in [-0.4, -0.2) is 17.6 Å². The van der Waals surface area contributed by atoms with Gasteiger partial charge < -0.3 is 4.74 Å². The number of nitrogens with zero attached hydrogens (tertiary/aromatic N) is 2. The van der Waals surface area contributed by atoms with E-state index in [4.69, 9.17) is 10.00 Å². The van der Waals surface area contributed by atoms with Crippen LogP contribution in [0.5, 0.6) is 0 Å². The number of carbonyl (C=O) groups is 1. The molecule has 0 N–H and O–H groups in total. The third-order valence-electron chi connectivity index (χ3n) is 2.29. The normalized spacial score (nSPS) is 10.2. The molecule has 0 aliphatic heterocycles. The summed E-state index contributed by atoms with van der Waals surface area (Å²) >= 11 is 0. The van der Waals surface area contributed by atoms with Crippen LogP contribution >= 0.6 is 0 Å². The van der Waals surface area contributed by atoms with E-state index in [0.717, 1.165) is 0 Å². The van der Waals surface area contributed by atoms with Gasteiger partial charge in [0.15, 0.2) is 0 Å². The van der Waals surface area contributed by atoms with E-state index in [-0.39, 0.29) is 24.3 Å². The number of alkyl halides is 2. The van der Waals surface area contributed by atoms with E-state index in [1.807, 2.05) is 0 Å². The highest BCUT2D eigenvalue weighted by Gasteiger charge is 2.19. The molecule has 6 heteroatoms. The van der Waals surface area contributed by atoms with Crippen LogP contribution in [-0.2, 0) is 16.0 Å². The van der Waals surface area contributed by atoms with E-state index < -0.39 is 18.1 Å². The Labute approximate surface area is 103 Å². The van der Waals surface area contributed by atoms with Crippen LogP contribution < -0.4 is 0 Å². The summed E-state index contributed by atoms with van der Waals surface area (Å²) in [6.07, 6.45) is -3.02. The molecular formula is C12H12F2N2O2. The average molecular weight is 254 g/mol. The molecule has 0 radical (unpaired) electrons. The molecular weight excluding hydrogens is 242 g/mol. The molecule has 0 saturated heterocycles. The first-order valence-electron chi connectivity index (χ1n) is 5.33. The van der Waals surface area contributed by atoms with E-state index in [9.17, 15) is 13.6 Å². The molecule has 1 rings (SSSR count). The Morgan fingerprint density at radius 3 is 2.78 bits per heavy atom. The summed E-state index contributed by atoms with van der Waals surface area (Å²) in [6.45, 7) is 3.48. The Bertz CT molecular complexity index is 496. The Kier molecular flexibility index (Phi) is 4.72. The van der Waals surface area contributed by atoms with Crippen molar-refractivity contribution in [3.63, 3.8) is 0 Å². The number of nitriles is 1. The highest BCUT2D eigenvalue weighted by Crippen LogP contribution is 2.23. The molecule has 0 unspecified atom stereocenters. The summed E-state index contributed by atoms with van der Waals surface area (Å²) in [4.78, 5) is 15.0. The number of rotatable bonds is 4. The molecule has 0 aliphatic carbocycles. The SMILES string of the molecule is CCOC(=O)Cc1nc(C(F)F)c(C#N)cc1C. The highest BCUT2D eigenvalue weighted by atomic mass is 19.3. The average Bonchev–Trinajstić information content (AvgIpc) is 2.31. The van der Waals surface area contributed by atoms with Gasteiger partial charge in [0.1, 0.15) is 11.8 Å². The third kappa shape index (κ3) is 3.23. The summed E-state index contributed by atoms with van der Waals surface area (Å²) in [5.41, 5.74) is -0.0377. The van der Waals surface area contributed by atoms with E-state index in [2.05, 4.69) is 4.98 Å². The Morgan fingerprint density at radius 1 is 1.61 bits per heavy atom. The number of ether oxygens (including phenoxy) is 1. The van der Waals surface area contributed by atoms with E-state index in [0.29, 0.717) is 5.56 Å². The lowest BCUT2D eigenvalue weighted by atomic mass is 10.1. The molecule has 1 aromatic heterocycles. The van der Waals surface area contributed by atoms with E-state index in [1.165, 1.54) is 6.07 Å². The second-order valence-corrected chi connectivity index (χ2v) is 3.58. The number of aryl methyl sites for hydroxylation is 1. The van der Waals surface area contributed by atoms with E-state index in [1.54, 1.807) is 19.9 Å². The minimum Gasteiger partial charge on any atom is -0.466 e. The fourth-order valence-electron chi connectivity index (χ4n) is 1.45. The largest absolute Gasteiger partial charge is 0.466 e. The number of pyridine rings is 1. The van der Waals surface area contributed by atoms with Crippen LogP contribution in [0.4, 0.5) is 8.78 Å². The predicted molar refractivity (Wildman–Crippen MR) is 59.0 cm³/mol.